The van der Waals surface area contributed by atoms with Crippen molar-refractivity contribution in [1.29, 1.82) is 5.26 Å². The topological polar surface area (TPSA) is 93.9 Å². The Hall–Kier alpha value is -1.50. The molecule has 3 rings (SSSR count). The number of aliphatic hydroxyl groups is 1. The van der Waals surface area contributed by atoms with Gasteiger partial charge < -0.3 is 9.84 Å². The Balaban J connectivity index is 1.90. The number of hydrogen-bond acceptors (Lipinski definition) is 6. The molecule has 2 aliphatic rings. The largest absolute Gasteiger partial charge is 0.394 e. The van der Waals surface area contributed by atoms with Crippen molar-refractivity contribution in [3.05, 3.63) is 29.8 Å². The van der Waals surface area contributed by atoms with Crippen molar-refractivity contribution in [2.45, 2.75) is 10.4 Å². The zero-order valence-electron chi connectivity index (χ0n) is 12.7. The van der Waals surface area contributed by atoms with Gasteiger partial charge in [0.2, 0.25) is 10.0 Å². The van der Waals surface area contributed by atoms with Crippen LogP contribution in [0.15, 0.2) is 29.2 Å². The molecule has 8 heteroatoms. The lowest BCUT2D eigenvalue weighted by molar-refractivity contribution is -0.114. The number of sulfonamides is 1. The molecule has 0 bridgehead atoms. The standard InChI is InChI=1S/C15H19N3O4S/c16-9-13-2-1-3-14(8-13)23(20,21)18-5-4-17-6-7-22-12-15(17,10-18)11-19/h1-3,8,19H,4-7,10-12H2. The van der Waals surface area contributed by atoms with Crippen LogP contribution in [-0.4, -0.2) is 74.3 Å². The van der Waals surface area contributed by atoms with E-state index in [0.717, 1.165) is 0 Å². The molecule has 2 fully saturated rings. The van der Waals surface area contributed by atoms with Gasteiger partial charge in [-0.05, 0) is 18.2 Å². The summed E-state index contributed by atoms with van der Waals surface area (Å²) in [6, 6.07) is 7.96. The highest BCUT2D eigenvalue weighted by Crippen LogP contribution is 2.28. The maximum atomic E-state index is 12.9. The third-order valence-electron chi connectivity index (χ3n) is 4.53. The van der Waals surface area contributed by atoms with E-state index in [9.17, 15) is 13.5 Å². The molecule has 0 spiro atoms. The minimum atomic E-state index is -3.70. The second-order valence-corrected chi connectivity index (χ2v) is 7.84. The van der Waals surface area contributed by atoms with Crippen molar-refractivity contribution in [1.82, 2.24) is 9.21 Å². The number of nitrogens with zero attached hydrogens (tertiary/aromatic N) is 3. The molecule has 1 N–H and O–H groups in total. The minimum absolute atomic E-state index is 0.106. The maximum Gasteiger partial charge on any atom is 0.243 e. The fourth-order valence-electron chi connectivity index (χ4n) is 3.18. The highest BCUT2D eigenvalue weighted by Gasteiger charge is 2.46. The van der Waals surface area contributed by atoms with Crippen molar-refractivity contribution in [2.24, 2.45) is 0 Å². The fraction of sp³-hybridized carbons (Fsp3) is 0.533. The third-order valence-corrected chi connectivity index (χ3v) is 6.37. The number of ether oxygens (including phenoxy) is 1. The van der Waals surface area contributed by atoms with Gasteiger partial charge in [-0.15, -0.1) is 0 Å². The molecule has 0 aromatic heterocycles. The van der Waals surface area contributed by atoms with E-state index in [0.29, 0.717) is 38.4 Å². The molecule has 2 saturated heterocycles. The van der Waals surface area contributed by atoms with Gasteiger partial charge in [0.05, 0.1) is 41.9 Å². The van der Waals surface area contributed by atoms with E-state index in [4.69, 9.17) is 10.00 Å². The Kier molecular flexibility index (Phi) is 4.40. The van der Waals surface area contributed by atoms with Crippen LogP contribution in [0.1, 0.15) is 5.56 Å². The Morgan fingerprint density at radius 2 is 2.17 bits per heavy atom. The summed E-state index contributed by atoms with van der Waals surface area (Å²) in [7, 11) is -3.70. The second-order valence-electron chi connectivity index (χ2n) is 5.90. The lowest BCUT2D eigenvalue weighted by Gasteiger charge is -2.51. The van der Waals surface area contributed by atoms with E-state index in [1.165, 1.54) is 16.4 Å². The molecule has 124 valence electrons. The normalized spacial score (nSPS) is 26.4. The molecule has 2 heterocycles. The SMILES string of the molecule is N#Cc1cccc(S(=O)(=O)N2CCN3CCOCC3(CO)C2)c1. The quantitative estimate of drug-likeness (QED) is 0.808. The van der Waals surface area contributed by atoms with Crippen LogP contribution in [0, 0.1) is 11.3 Å². The van der Waals surface area contributed by atoms with Gasteiger partial charge in [0.1, 0.15) is 0 Å². The first-order chi connectivity index (χ1) is 11.0. The van der Waals surface area contributed by atoms with Gasteiger partial charge in [0.25, 0.3) is 0 Å². The van der Waals surface area contributed by atoms with Crippen LogP contribution in [0.25, 0.3) is 0 Å². The Labute approximate surface area is 135 Å². The van der Waals surface area contributed by atoms with Crippen LogP contribution in [-0.2, 0) is 14.8 Å². The average molecular weight is 337 g/mol. The van der Waals surface area contributed by atoms with E-state index >= 15 is 0 Å². The summed E-state index contributed by atoms with van der Waals surface area (Å²) in [6.07, 6.45) is 0. The summed E-state index contributed by atoms with van der Waals surface area (Å²) < 4.78 is 32.6. The van der Waals surface area contributed by atoms with Crippen molar-refractivity contribution < 1.29 is 18.3 Å². The molecule has 7 nitrogen and oxygen atoms in total. The number of nitriles is 1. The Morgan fingerprint density at radius 3 is 2.91 bits per heavy atom. The molecular formula is C15H19N3O4S. The lowest BCUT2D eigenvalue weighted by atomic mass is 9.95. The molecule has 2 aliphatic heterocycles. The van der Waals surface area contributed by atoms with Crippen LogP contribution in [0.3, 0.4) is 0 Å². The van der Waals surface area contributed by atoms with E-state index in [1.54, 1.807) is 12.1 Å². The number of piperazine rings is 1. The summed E-state index contributed by atoms with van der Waals surface area (Å²) in [5, 5.41) is 18.8. The number of aliphatic hydroxyl groups excluding tert-OH is 1. The summed E-state index contributed by atoms with van der Waals surface area (Å²) in [4.78, 5) is 2.21. The second kappa shape index (κ2) is 6.19. The van der Waals surface area contributed by atoms with Gasteiger partial charge in [-0.25, -0.2) is 8.42 Å². The molecule has 1 atom stereocenters. The third kappa shape index (κ3) is 2.86. The number of fused-ring (bicyclic) bond motifs is 1. The molecule has 1 unspecified atom stereocenters. The molecule has 0 saturated carbocycles. The number of morpholine rings is 1. The van der Waals surface area contributed by atoms with E-state index < -0.39 is 15.6 Å². The molecule has 0 radical (unpaired) electrons. The average Bonchev–Trinajstić information content (AvgIpc) is 2.61. The summed E-state index contributed by atoms with van der Waals surface area (Å²) in [5.41, 5.74) is -0.376. The number of hydrogen-bond donors (Lipinski definition) is 1. The first kappa shape index (κ1) is 16.4. The zero-order chi connectivity index (χ0) is 16.5. The Morgan fingerprint density at radius 1 is 1.35 bits per heavy atom. The highest BCUT2D eigenvalue weighted by atomic mass is 32.2. The monoisotopic (exact) mass is 337 g/mol. The summed E-state index contributed by atoms with van der Waals surface area (Å²) in [5.74, 6) is 0. The van der Waals surface area contributed by atoms with E-state index in [1.807, 2.05) is 6.07 Å². The van der Waals surface area contributed by atoms with Crippen molar-refractivity contribution in [2.75, 3.05) is 46.0 Å². The van der Waals surface area contributed by atoms with Gasteiger partial charge in [0, 0.05) is 26.2 Å². The summed E-state index contributed by atoms with van der Waals surface area (Å²) >= 11 is 0. The van der Waals surface area contributed by atoms with Crippen LogP contribution in [0.2, 0.25) is 0 Å². The van der Waals surface area contributed by atoms with E-state index in [2.05, 4.69) is 4.90 Å². The van der Waals surface area contributed by atoms with Gasteiger partial charge in [-0.1, -0.05) is 6.07 Å². The first-order valence-corrected chi connectivity index (χ1v) is 8.90. The first-order valence-electron chi connectivity index (χ1n) is 7.46. The maximum absolute atomic E-state index is 12.9. The van der Waals surface area contributed by atoms with E-state index in [-0.39, 0.29) is 18.0 Å². The highest BCUT2D eigenvalue weighted by molar-refractivity contribution is 7.89. The molecule has 23 heavy (non-hydrogen) atoms. The Bertz CT molecular complexity index is 730. The minimum Gasteiger partial charge on any atom is -0.394 e. The zero-order valence-corrected chi connectivity index (χ0v) is 13.5. The van der Waals surface area contributed by atoms with Crippen LogP contribution >= 0.6 is 0 Å². The molecule has 1 aromatic rings. The van der Waals surface area contributed by atoms with Crippen molar-refractivity contribution >= 4 is 10.0 Å². The number of benzene rings is 1. The van der Waals surface area contributed by atoms with Gasteiger partial charge >= 0.3 is 0 Å². The molecule has 0 amide bonds. The smallest absolute Gasteiger partial charge is 0.243 e. The van der Waals surface area contributed by atoms with Crippen molar-refractivity contribution in [3.8, 4) is 6.07 Å². The van der Waals surface area contributed by atoms with Gasteiger partial charge in [0.15, 0.2) is 0 Å². The summed E-state index contributed by atoms with van der Waals surface area (Å²) in [6.45, 7) is 2.55. The van der Waals surface area contributed by atoms with Crippen LogP contribution < -0.4 is 0 Å². The lowest BCUT2D eigenvalue weighted by Crippen LogP contribution is -2.69. The van der Waals surface area contributed by atoms with Gasteiger partial charge in [-0.3, -0.25) is 4.90 Å². The molecule has 0 aliphatic carbocycles. The van der Waals surface area contributed by atoms with Crippen LogP contribution in [0.5, 0.6) is 0 Å². The predicted octanol–water partition coefficient (Wildman–Crippen LogP) is -0.374. The predicted molar refractivity (Wildman–Crippen MR) is 82.1 cm³/mol. The van der Waals surface area contributed by atoms with Crippen LogP contribution in [0.4, 0.5) is 0 Å². The van der Waals surface area contributed by atoms with Crippen molar-refractivity contribution in [3.63, 3.8) is 0 Å². The van der Waals surface area contributed by atoms with Gasteiger partial charge in [-0.2, -0.15) is 9.57 Å². The molecular weight excluding hydrogens is 318 g/mol. The molecule has 1 aromatic carbocycles. The number of rotatable bonds is 3. The fourth-order valence-corrected chi connectivity index (χ4v) is 4.73.